The summed E-state index contributed by atoms with van der Waals surface area (Å²) in [6.45, 7) is 4.01. The maximum absolute atomic E-state index is 15.4. The van der Waals surface area contributed by atoms with Crippen molar-refractivity contribution in [3.8, 4) is 28.0 Å². The average Bonchev–Trinajstić information content (AvgIpc) is 3.02. The van der Waals surface area contributed by atoms with E-state index < -0.39 is 23.3 Å². The summed E-state index contributed by atoms with van der Waals surface area (Å²) < 4.78 is 64.9. The predicted molar refractivity (Wildman–Crippen MR) is 163 cm³/mol. The van der Waals surface area contributed by atoms with E-state index in [1.807, 2.05) is 0 Å². The molecule has 224 valence electrons. The number of hydrogen-bond acceptors (Lipinski definition) is 1. The van der Waals surface area contributed by atoms with Crippen LogP contribution in [0.1, 0.15) is 89.5 Å². The first-order valence-electron chi connectivity index (χ1n) is 15.7. The van der Waals surface area contributed by atoms with Gasteiger partial charge in [0.2, 0.25) is 5.82 Å². The Morgan fingerprint density at radius 1 is 0.667 bits per heavy atom. The highest BCUT2D eigenvalue weighted by Gasteiger charge is 2.32. The molecule has 1 nitrogen and oxygen atoms in total. The van der Waals surface area contributed by atoms with Crippen molar-refractivity contribution in [3.63, 3.8) is 0 Å². The quantitative estimate of drug-likeness (QED) is 0.181. The first-order chi connectivity index (χ1) is 20.4. The van der Waals surface area contributed by atoms with Gasteiger partial charge in [-0.15, -0.1) is 0 Å². The zero-order valence-corrected chi connectivity index (χ0v) is 24.8. The second-order valence-electron chi connectivity index (χ2n) is 12.1. The molecule has 0 heterocycles. The molecule has 2 fully saturated rings. The monoisotopic (exact) mass is 578 g/mol. The molecule has 5 heteroatoms. The van der Waals surface area contributed by atoms with Crippen molar-refractivity contribution >= 4 is 0 Å². The van der Waals surface area contributed by atoms with Crippen LogP contribution in [0.5, 0.6) is 5.75 Å². The van der Waals surface area contributed by atoms with Gasteiger partial charge in [-0.25, -0.2) is 13.2 Å². The van der Waals surface area contributed by atoms with Gasteiger partial charge >= 0.3 is 0 Å². The van der Waals surface area contributed by atoms with Crippen molar-refractivity contribution in [1.29, 1.82) is 0 Å². The van der Waals surface area contributed by atoms with Crippen LogP contribution in [0.4, 0.5) is 17.6 Å². The number of allylic oxidation sites excluding steroid dienone is 2. The van der Waals surface area contributed by atoms with E-state index in [1.54, 1.807) is 43.3 Å². The van der Waals surface area contributed by atoms with E-state index in [-0.39, 0.29) is 29.4 Å². The topological polar surface area (TPSA) is 9.23 Å². The summed E-state index contributed by atoms with van der Waals surface area (Å²) in [5.41, 5.74) is 1.65. The number of rotatable bonds is 9. The number of halogens is 4. The van der Waals surface area contributed by atoms with E-state index in [1.165, 1.54) is 50.7 Å². The van der Waals surface area contributed by atoms with E-state index in [0.29, 0.717) is 22.6 Å². The smallest absolute Gasteiger partial charge is 0.201 e. The van der Waals surface area contributed by atoms with Gasteiger partial charge in [-0.2, -0.15) is 4.39 Å². The predicted octanol–water partition coefficient (Wildman–Crippen LogP) is 11.4. The Labute approximate surface area is 248 Å². The highest BCUT2D eigenvalue weighted by atomic mass is 19.2. The lowest BCUT2D eigenvalue weighted by molar-refractivity contribution is 0.156. The van der Waals surface area contributed by atoms with E-state index >= 15 is 8.78 Å². The van der Waals surface area contributed by atoms with Crippen LogP contribution in [0.3, 0.4) is 0 Å². The maximum atomic E-state index is 15.4. The molecule has 0 saturated heterocycles. The van der Waals surface area contributed by atoms with Gasteiger partial charge in [0.25, 0.3) is 0 Å². The fourth-order valence-electron chi connectivity index (χ4n) is 7.30. The van der Waals surface area contributed by atoms with Gasteiger partial charge in [0, 0.05) is 11.1 Å². The first-order valence-corrected chi connectivity index (χ1v) is 15.7. The van der Waals surface area contributed by atoms with E-state index in [4.69, 9.17) is 4.74 Å². The largest absolute Gasteiger partial charge is 0.491 e. The minimum absolute atomic E-state index is 0.0434. The van der Waals surface area contributed by atoms with Crippen molar-refractivity contribution in [2.45, 2.75) is 84.0 Å². The Bertz CT molecular complexity index is 1360. The van der Waals surface area contributed by atoms with Crippen LogP contribution >= 0.6 is 0 Å². The molecular formula is C37H42F4O. The standard InChI is InChI=1S/C37H42F4O/c1-3-5-6-7-24-8-10-25(11-9-24)26-12-14-27(15-13-26)30-20-21-31(35(39)34(30)38)28-16-18-29(19-17-28)32-22-23-33(42-4-2)37(41)36(32)40/h3,5,16-27H,4,6-15H2,1-2H3/b5-3+. The maximum Gasteiger partial charge on any atom is 0.201 e. The highest BCUT2D eigenvalue weighted by molar-refractivity contribution is 5.72. The number of ether oxygens (including phenoxy) is 1. The molecule has 0 radical (unpaired) electrons. The average molecular weight is 579 g/mol. The fourth-order valence-corrected chi connectivity index (χ4v) is 7.30. The Morgan fingerprint density at radius 2 is 1.21 bits per heavy atom. The van der Waals surface area contributed by atoms with Crippen LogP contribution in [0, 0.1) is 41.0 Å². The molecule has 0 aromatic heterocycles. The van der Waals surface area contributed by atoms with E-state index in [9.17, 15) is 8.78 Å². The van der Waals surface area contributed by atoms with Crippen molar-refractivity contribution in [2.75, 3.05) is 6.61 Å². The lowest BCUT2D eigenvalue weighted by Crippen LogP contribution is -2.25. The molecule has 2 aliphatic rings. The molecular weight excluding hydrogens is 536 g/mol. The number of benzene rings is 3. The second-order valence-corrected chi connectivity index (χ2v) is 12.1. The van der Waals surface area contributed by atoms with Gasteiger partial charge in [-0.3, -0.25) is 0 Å². The van der Waals surface area contributed by atoms with Crippen molar-refractivity contribution in [3.05, 3.63) is 89.5 Å². The minimum atomic E-state index is -1.04. The third-order valence-electron chi connectivity index (χ3n) is 9.71. The molecule has 2 aliphatic carbocycles. The Morgan fingerprint density at radius 3 is 1.79 bits per heavy atom. The molecule has 2 saturated carbocycles. The third kappa shape index (κ3) is 6.61. The van der Waals surface area contributed by atoms with Crippen LogP contribution in [-0.4, -0.2) is 6.61 Å². The molecule has 0 bridgehead atoms. The summed E-state index contributed by atoms with van der Waals surface area (Å²) in [5.74, 6) is -1.41. The SMILES string of the molecule is C/C=C/CCC1CCC(C2CCC(c3ccc(-c4ccc(-c5ccc(OCC)c(F)c5F)cc4)c(F)c3F)CC2)CC1. The van der Waals surface area contributed by atoms with Crippen LogP contribution in [0.25, 0.3) is 22.3 Å². The van der Waals surface area contributed by atoms with E-state index in [2.05, 4.69) is 19.1 Å². The first kappa shape index (κ1) is 30.4. The summed E-state index contributed by atoms with van der Waals surface area (Å²) in [4.78, 5) is 0. The van der Waals surface area contributed by atoms with Crippen LogP contribution in [-0.2, 0) is 0 Å². The van der Waals surface area contributed by atoms with Gasteiger partial charge in [0.05, 0.1) is 6.61 Å². The third-order valence-corrected chi connectivity index (χ3v) is 9.71. The Hall–Kier alpha value is -3.08. The molecule has 3 aromatic carbocycles. The Balaban J connectivity index is 1.21. The fraction of sp³-hybridized carbons (Fsp3) is 0.459. The van der Waals surface area contributed by atoms with Crippen LogP contribution in [0.2, 0.25) is 0 Å². The van der Waals surface area contributed by atoms with Crippen LogP contribution in [0.15, 0.2) is 60.7 Å². The molecule has 42 heavy (non-hydrogen) atoms. The van der Waals surface area contributed by atoms with E-state index in [0.717, 1.165) is 37.5 Å². The van der Waals surface area contributed by atoms with Gasteiger partial charge < -0.3 is 4.74 Å². The zero-order valence-electron chi connectivity index (χ0n) is 24.8. The molecule has 0 N–H and O–H groups in total. The van der Waals surface area contributed by atoms with Crippen molar-refractivity contribution in [2.24, 2.45) is 17.8 Å². The lowest BCUT2D eigenvalue weighted by Gasteiger charge is -2.38. The molecule has 0 spiro atoms. The summed E-state index contributed by atoms with van der Waals surface area (Å²) in [5, 5.41) is 0. The minimum Gasteiger partial charge on any atom is -0.491 e. The van der Waals surface area contributed by atoms with Crippen molar-refractivity contribution in [1.82, 2.24) is 0 Å². The highest BCUT2D eigenvalue weighted by Crippen LogP contribution is 2.45. The second kappa shape index (κ2) is 13.9. The zero-order chi connectivity index (χ0) is 29.6. The molecule has 0 amide bonds. The van der Waals surface area contributed by atoms with Crippen molar-refractivity contribution < 1.29 is 22.3 Å². The summed E-state index contributed by atoms with van der Waals surface area (Å²) in [6, 6.07) is 12.7. The van der Waals surface area contributed by atoms with Gasteiger partial charge in [0.1, 0.15) is 0 Å². The van der Waals surface area contributed by atoms with Gasteiger partial charge in [0.15, 0.2) is 23.2 Å². The molecule has 0 unspecified atom stereocenters. The number of hydrogen-bond donors (Lipinski definition) is 0. The summed E-state index contributed by atoms with van der Waals surface area (Å²) in [7, 11) is 0. The lowest BCUT2D eigenvalue weighted by atomic mass is 9.68. The molecule has 0 aliphatic heterocycles. The summed E-state index contributed by atoms with van der Waals surface area (Å²) >= 11 is 0. The van der Waals surface area contributed by atoms with Crippen LogP contribution < -0.4 is 4.74 Å². The molecule has 5 rings (SSSR count). The molecule has 3 aromatic rings. The van der Waals surface area contributed by atoms with Gasteiger partial charge in [-0.1, -0.05) is 61.4 Å². The summed E-state index contributed by atoms with van der Waals surface area (Å²) in [6.07, 6.45) is 16.2. The normalized spacial score (nSPS) is 22.9. The Kier molecular flexibility index (Phi) is 10.1. The van der Waals surface area contributed by atoms with Gasteiger partial charge in [-0.05, 0) is 118 Å². The molecule has 0 atom stereocenters.